The Morgan fingerprint density at radius 1 is 1.24 bits per heavy atom. The SMILES string of the molecule is O=C(CCl)N1CCN(c2ccccc2)C(=O)C1. The molecule has 5 heteroatoms. The van der Waals surface area contributed by atoms with Gasteiger partial charge in [-0.15, -0.1) is 11.6 Å². The average Bonchev–Trinajstić information content (AvgIpc) is 2.38. The zero-order valence-corrected chi connectivity index (χ0v) is 10.1. The Morgan fingerprint density at radius 2 is 1.94 bits per heavy atom. The van der Waals surface area contributed by atoms with E-state index in [1.54, 1.807) is 4.90 Å². The van der Waals surface area contributed by atoms with Gasteiger partial charge in [-0.25, -0.2) is 0 Å². The lowest BCUT2D eigenvalue weighted by atomic mass is 10.2. The molecule has 1 heterocycles. The van der Waals surface area contributed by atoms with Gasteiger partial charge in [-0.05, 0) is 12.1 Å². The molecule has 0 bridgehead atoms. The molecule has 0 atom stereocenters. The van der Waals surface area contributed by atoms with Gasteiger partial charge in [0.1, 0.15) is 12.4 Å². The number of carbonyl (C=O) groups excluding carboxylic acids is 2. The minimum absolute atomic E-state index is 0.0686. The molecule has 4 nitrogen and oxygen atoms in total. The second-order valence-corrected chi connectivity index (χ2v) is 4.10. The van der Waals surface area contributed by atoms with Crippen LogP contribution < -0.4 is 4.90 Å². The van der Waals surface area contributed by atoms with Crippen molar-refractivity contribution in [2.45, 2.75) is 0 Å². The zero-order chi connectivity index (χ0) is 12.3. The molecule has 0 aromatic heterocycles. The summed E-state index contributed by atoms with van der Waals surface area (Å²) in [5.74, 6) is -0.327. The summed E-state index contributed by atoms with van der Waals surface area (Å²) in [4.78, 5) is 26.5. The van der Waals surface area contributed by atoms with E-state index in [4.69, 9.17) is 11.6 Å². The van der Waals surface area contributed by atoms with E-state index < -0.39 is 0 Å². The molecule has 0 unspecified atom stereocenters. The van der Waals surface area contributed by atoms with Crippen molar-refractivity contribution in [2.75, 3.05) is 30.4 Å². The average molecular weight is 253 g/mol. The summed E-state index contributed by atoms with van der Waals surface area (Å²) in [6.07, 6.45) is 0. The van der Waals surface area contributed by atoms with Crippen LogP contribution in [0.15, 0.2) is 30.3 Å². The summed E-state index contributed by atoms with van der Waals surface area (Å²) >= 11 is 5.47. The molecule has 0 N–H and O–H groups in total. The monoisotopic (exact) mass is 252 g/mol. The third kappa shape index (κ3) is 2.58. The largest absolute Gasteiger partial charge is 0.331 e. The van der Waals surface area contributed by atoms with E-state index in [9.17, 15) is 9.59 Å². The number of halogens is 1. The summed E-state index contributed by atoms with van der Waals surface area (Å²) in [6.45, 7) is 1.16. The number of hydrogen-bond donors (Lipinski definition) is 0. The number of piperazine rings is 1. The predicted octanol–water partition coefficient (Wildman–Crippen LogP) is 1.10. The lowest BCUT2D eigenvalue weighted by Gasteiger charge is -2.34. The molecule has 2 amide bonds. The molecule has 0 aliphatic carbocycles. The molecule has 1 fully saturated rings. The molecule has 2 rings (SSSR count). The van der Waals surface area contributed by atoms with E-state index in [1.165, 1.54) is 4.90 Å². The number of nitrogens with zero attached hydrogens (tertiary/aromatic N) is 2. The number of hydrogen-bond acceptors (Lipinski definition) is 2. The van der Waals surface area contributed by atoms with E-state index in [1.807, 2.05) is 30.3 Å². The Labute approximate surface area is 105 Å². The topological polar surface area (TPSA) is 40.6 Å². The van der Waals surface area contributed by atoms with E-state index in [0.29, 0.717) is 13.1 Å². The molecule has 90 valence electrons. The summed E-state index contributed by atoms with van der Waals surface area (Å²) in [7, 11) is 0. The van der Waals surface area contributed by atoms with Crippen molar-refractivity contribution in [3.63, 3.8) is 0 Å². The highest BCUT2D eigenvalue weighted by Crippen LogP contribution is 2.16. The highest BCUT2D eigenvalue weighted by molar-refractivity contribution is 6.27. The number of anilines is 1. The second kappa shape index (κ2) is 5.19. The van der Waals surface area contributed by atoms with Gasteiger partial charge in [-0.1, -0.05) is 18.2 Å². The molecule has 1 aromatic carbocycles. The summed E-state index contributed by atoms with van der Waals surface area (Å²) in [5, 5.41) is 0. The Kier molecular flexibility index (Phi) is 3.64. The fourth-order valence-electron chi connectivity index (χ4n) is 1.85. The summed E-state index contributed by atoms with van der Waals surface area (Å²) in [5.41, 5.74) is 0.871. The van der Waals surface area contributed by atoms with Crippen LogP contribution in [-0.4, -0.2) is 42.2 Å². The van der Waals surface area contributed by atoms with Crippen molar-refractivity contribution in [1.29, 1.82) is 0 Å². The zero-order valence-electron chi connectivity index (χ0n) is 9.30. The fraction of sp³-hybridized carbons (Fsp3) is 0.333. The van der Waals surface area contributed by atoms with Crippen LogP contribution in [-0.2, 0) is 9.59 Å². The van der Waals surface area contributed by atoms with Crippen LogP contribution in [0.25, 0.3) is 0 Å². The summed E-state index contributed by atoms with van der Waals surface area (Å²) < 4.78 is 0. The number of carbonyl (C=O) groups is 2. The maximum atomic E-state index is 11.9. The van der Waals surface area contributed by atoms with E-state index in [0.717, 1.165) is 5.69 Å². The van der Waals surface area contributed by atoms with Crippen molar-refractivity contribution in [3.05, 3.63) is 30.3 Å². The van der Waals surface area contributed by atoms with E-state index in [-0.39, 0.29) is 24.2 Å². The van der Waals surface area contributed by atoms with Crippen molar-refractivity contribution in [2.24, 2.45) is 0 Å². The molecule has 1 aliphatic rings. The number of amides is 2. The minimum atomic E-state index is -0.187. The first kappa shape index (κ1) is 11.9. The van der Waals surface area contributed by atoms with Crippen LogP contribution in [0.1, 0.15) is 0 Å². The number of rotatable bonds is 2. The maximum Gasteiger partial charge on any atom is 0.246 e. The van der Waals surface area contributed by atoms with Crippen LogP contribution in [0.4, 0.5) is 5.69 Å². The van der Waals surface area contributed by atoms with Gasteiger partial charge in [0, 0.05) is 18.8 Å². The van der Waals surface area contributed by atoms with Crippen molar-refractivity contribution in [1.82, 2.24) is 4.90 Å². The molecule has 0 radical (unpaired) electrons. The van der Waals surface area contributed by atoms with Crippen LogP contribution in [0.3, 0.4) is 0 Å². The van der Waals surface area contributed by atoms with Gasteiger partial charge >= 0.3 is 0 Å². The third-order valence-electron chi connectivity index (χ3n) is 2.76. The van der Waals surface area contributed by atoms with Crippen LogP contribution in [0.2, 0.25) is 0 Å². The number of benzene rings is 1. The first-order chi connectivity index (χ1) is 8.22. The Bertz CT molecular complexity index is 422. The Morgan fingerprint density at radius 3 is 2.53 bits per heavy atom. The lowest BCUT2D eigenvalue weighted by molar-refractivity contribution is -0.134. The third-order valence-corrected chi connectivity index (χ3v) is 2.98. The van der Waals surface area contributed by atoms with Gasteiger partial charge in [0.05, 0.1) is 0 Å². The lowest BCUT2D eigenvalue weighted by Crippen LogP contribution is -2.52. The standard InChI is InChI=1S/C12H13ClN2O2/c13-8-11(16)14-6-7-15(12(17)9-14)10-4-2-1-3-5-10/h1-5H,6-9H2. The predicted molar refractivity (Wildman–Crippen MR) is 66.1 cm³/mol. The molecule has 1 aliphatic heterocycles. The highest BCUT2D eigenvalue weighted by Gasteiger charge is 2.27. The van der Waals surface area contributed by atoms with E-state index in [2.05, 4.69) is 0 Å². The highest BCUT2D eigenvalue weighted by atomic mass is 35.5. The van der Waals surface area contributed by atoms with Gasteiger partial charge in [0.15, 0.2) is 0 Å². The van der Waals surface area contributed by atoms with Crippen LogP contribution in [0, 0.1) is 0 Å². The molecule has 1 saturated heterocycles. The molecular weight excluding hydrogens is 240 g/mol. The van der Waals surface area contributed by atoms with E-state index >= 15 is 0 Å². The quantitative estimate of drug-likeness (QED) is 0.740. The van der Waals surface area contributed by atoms with Crippen molar-refractivity contribution < 1.29 is 9.59 Å². The van der Waals surface area contributed by atoms with Gasteiger partial charge in [-0.2, -0.15) is 0 Å². The van der Waals surface area contributed by atoms with Crippen LogP contribution >= 0.6 is 11.6 Å². The smallest absolute Gasteiger partial charge is 0.246 e. The Balaban J connectivity index is 2.07. The van der Waals surface area contributed by atoms with Gasteiger partial charge in [0.2, 0.25) is 11.8 Å². The fourth-order valence-corrected chi connectivity index (χ4v) is 2.02. The minimum Gasteiger partial charge on any atom is -0.331 e. The molecule has 17 heavy (non-hydrogen) atoms. The molecule has 1 aromatic rings. The first-order valence-corrected chi connectivity index (χ1v) is 5.95. The Hall–Kier alpha value is -1.55. The van der Waals surface area contributed by atoms with Gasteiger partial charge in [-0.3, -0.25) is 9.59 Å². The number of para-hydroxylation sites is 1. The van der Waals surface area contributed by atoms with Crippen molar-refractivity contribution >= 4 is 29.1 Å². The number of alkyl halides is 1. The second-order valence-electron chi connectivity index (χ2n) is 3.83. The van der Waals surface area contributed by atoms with Crippen molar-refractivity contribution in [3.8, 4) is 0 Å². The van der Waals surface area contributed by atoms with Gasteiger partial charge < -0.3 is 9.80 Å². The van der Waals surface area contributed by atoms with Crippen LogP contribution in [0.5, 0.6) is 0 Å². The first-order valence-electron chi connectivity index (χ1n) is 5.41. The van der Waals surface area contributed by atoms with Gasteiger partial charge in [0.25, 0.3) is 0 Å². The molecular formula is C12H13ClN2O2. The molecule has 0 spiro atoms. The summed E-state index contributed by atoms with van der Waals surface area (Å²) in [6, 6.07) is 9.45. The maximum absolute atomic E-state index is 11.9. The molecule has 0 saturated carbocycles. The normalized spacial score (nSPS) is 16.2.